The van der Waals surface area contributed by atoms with E-state index >= 15 is 0 Å². The Hall–Kier alpha value is -3.65. The maximum Gasteiger partial charge on any atom is 0.317 e. The molecule has 0 saturated carbocycles. The van der Waals surface area contributed by atoms with Crippen molar-refractivity contribution in [2.24, 2.45) is 4.99 Å². The number of hydrogen-bond acceptors (Lipinski definition) is 8. The molecule has 1 atom stereocenters. The number of nitrogens with one attached hydrogen (secondary N) is 1. The summed E-state index contributed by atoms with van der Waals surface area (Å²) in [5, 5.41) is 12.8. The smallest absolute Gasteiger partial charge is 0.317 e. The zero-order valence-electron chi connectivity index (χ0n) is 15.1. The molecular formula is C21H15N5O2S. The first-order valence-corrected chi connectivity index (χ1v) is 9.95. The Morgan fingerprint density at radius 1 is 1.03 bits per heavy atom. The maximum absolute atomic E-state index is 12.9. The maximum atomic E-state index is 12.9. The number of thiazole rings is 1. The molecule has 3 heterocycles. The van der Waals surface area contributed by atoms with Crippen LogP contribution in [0.1, 0.15) is 16.7 Å². The van der Waals surface area contributed by atoms with Crippen molar-refractivity contribution >= 4 is 28.8 Å². The van der Waals surface area contributed by atoms with Gasteiger partial charge in [0.2, 0.25) is 0 Å². The number of carbonyl (C=O) groups excluding carboxylic acids is 1. The van der Waals surface area contributed by atoms with E-state index < -0.39 is 6.17 Å². The van der Waals surface area contributed by atoms with Gasteiger partial charge in [0.1, 0.15) is 5.69 Å². The monoisotopic (exact) mass is 401 g/mol. The van der Waals surface area contributed by atoms with Gasteiger partial charge in [-0.3, -0.25) is 9.79 Å². The molecule has 5 rings (SSSR count). The van der Waals surface area contributed by atoms with E-state index in [1.54, 1.807) is 5.51 Å². The lowest BCUT2D eigenvalue weighted by molar-refractivity contribution is -0.119. The van der Waals surface area contributed by atoms with Gasteiger partial charge >= 0.3 is 6.01 Å². The summed E-state index contributed by atoms with van der Waals surface area (Å²) in [6, 6.07) is 17.8. The van der Waals surface area contributed by atoms with E-state index in [0.717, 1.165) is 22.4 Å². The predicted molar refractivity (Wildman–Crippen MR) is 110 cm³/mol. The van der Waals surface area contributed by atoms with E-state index in [1.807, 2.05) is 60.0 Å². The second kappa shape index (κ2) is 7.40. The number of carbonyl (C=O) groups is 1. The lowest BCUT2D eigenvalue weighted by atomic mass is 9.96. The number of anilines is 1. The molecule has 0 amide bonds. The normalized spacial score (nSPS) is 16.1. The summed E-state index contributed by atoms with van der Waals surface area (Å²) in [5.41, 5.74) is 5.88. The zero-order chi connectivity index (χ0) is 19.6. The van der Waals surface area contributed by atoms with E-state index in [-0.39, 0.29) is 18.2 Å². The number of Topliss-reactive ketones (excluding diaryl/α,β-unsaturated/α-hetero) is 1. The summed E-state index contributed by atoms with van der Waals surface area (Å²) in [6.45, 7) is 0. The number of fused-ring (bicyclic) bond motifs is 1. The molecule has 142 valence electrons. The summed E-state index contributed by atoms with van der Waals surface area (Å²) >= 11 is 1.44. The highest BCUT2D eigenvalue weighted by molar-refractivity contribution is 7.07. The molecule has 0 aliphatic carbocycles. The van der Waals surface area contributed by atoms with Gasteiger partial charge in [-0.2, -0.15) is 0 Å². The van der Waals surface area contributed by atoms with Crippen molar-refractivity contribution in [3.05, 3.63) is 82.2 Å². The van der Waals surface area contributed by atoms with Crippen LogP contribution in [0.15, 0.2) is 74.9 Å². The average molecular weight is 401 g/mol. The molecule has 0 bridgehead atoms. The predicted octanol–water partition coefficient (Wildman–Crippen LogP) is 3.59. The Morgan fingerprint density at radius 3 is 2.69 bits per heavy atom. The number of rotatable bonds is 4. The Balaban J connectivity index is 1.52. The van der Waals surface area contributed by atoms with Crippen molar-refractivity contribution in [1.82, 2.24) is 15.2 Å². The number of hydrogen-bond donors (Lipinski definition) is 1. The first-order valence-electron chi connectivity index (χ1n) is 9.01. The van der Waals surface area contributed by atoms with Crippen LogP contribution >= 0.6 is 11.3 Å². The molecule has 0 unspecified atom stereocenters. The second-order valence-corrected chi connectivity index (χ2v) is 7.20. The summed E-state index contributed by atoms with van der Waals surface area (Å²) in [7, 11) is 0. The summed E-state index contributed by atoms with van der Waals surface area (Å²) < 4.78 is 5.63. The first kappa shape index (κ1) is 17.4. The molecule has 2 aromatic heterocycles. The fourth-order valence-corrected chi connectivity index (χ4v) is 3.75. The van der Waals surface area contributed by atoms with Gasteiger partial charge in [-0.15, -0.1) is 16.4 Å². The Labute approximate surface area is 170 Å². The SMILES string of the molecule is O=C1Cc2ccccc2C(c2ccccc2)=N[C@@H]1Nc1nnc(-c2cscn2)o1. The van der Waals surface area contributed by atoms with Crippen LogP contribution in [0, 0.1) is 0 Å². The van der Waals surface area contributed by atoms with Crippen LogP contribution in [0.4, 0.5) is 6.01 Å². The van der Waals surface area contributed by atoms with Gasteiger partial charge in [-0.1, -0.05) is 59.7 Å². The second-order valence-electron chi connectivity index (χ2n) is 6.48. The third kappa shape index (κ3) is 3.45. The molecule has 1 N–H and O–H groups in total. The minimum absolute atomic E-state index is 0.0724. The molecular weight excluding hydrogens is 386 g/mol. The van der Waals surface area contributed by atoms with Crippen molar-refractivity contribution in [3.63, 3.8) is 0 Å². The third-order valence-corrected chi connectivity index (χ3v) is 5.17. The van der Waals surface area contributed by atoms with E-state index in [0.29, 0.717) is 11.6 Å². The molecule has 1 aliphatic rings. The summed E-state index contributed by atoms with van der Waals surface area (Å²) in [5.74, 6) is 0.224. The van der Waals surface area contributed by atoms with Gasteiger partial charge < -0.3 is 9.73 Å². The largest absolute Gasteiger partial charge is 0.402 e. The molecule has 8 heteroatoms. The highest BCUT2D eigenvalue weighted by atomic mass is 32.1. The van der Waals surface area contributed by atoms with E-state index in [1.165, 1.54) is 11.3 Å². The van der Waals surface area contributed by atoms with Gasteiger partial charge in [-0.05, 0) is 5.56 Å². The highest BCUT2D eigenvalue weighted by Crippen LogP contribution is 2.24. The van der Waals surface area contributed by atoms with Crippen molar-refractivity contribution in [2.75, 3.05) is 5.32 Å². The van der Waals surface area contributed by atoms with Gasteiger partial charge in [-0.25, -0.2) is 4.98 Å². The van der Waals surface area contributed by atoms with Gasteiger partial charge in [0, 0.05) is 22.9 Å². The minimum Gasteiger partial charge on any atom is -0.402 e. The molecule has 0 radical (unpaired) electrons. The number of nitrogens with zero attached hydrogens (tertiary/aromatic N) is 4. The van der Waals surface area contributed by atoms with Crippen molar-refractivity contribution < 1.29 is 9.21 Å². The molecule has 7 nitrogen and oxygen atoms in total. The van der Waals surface area contributed by atoms with Crippen LogP contribution in [0.5, 0.6) is 0 Å². The first-order chi connectivity index (χ1) is 14.3. The van der Waals surface area contributed by atoms with Crippen molar-refractivity contribution in [2.45, 2.75) is 12.6 Å². The lowest BCUT2D eigenvalue weighted by Gasteiger charge is -2.11. The van der Waals surface area contributed by atoms with Crippen molar-refractivity contribution in [3.8, 4) is 11.6 Å². The Kier molecular flexibility index (Phi) is 4.45. The molecule has 2 aromatic carbocycles. The zero-order valence-corrected chi connectivity index (χ0v) is 16.0. The Morgan fingerprint density at radius 2 is 1.86 bits per heavy atom. The minimum atomic E-state index is -0.832. The van der Waals surface area contributed by atoms with Crippen molar-refractivity contribution in [1.29, 1.82) is 0 Å². The van der Waals surface area contributed by atoms with Crippen LogP contribution in [-0.4, -0.2) is 32.8 Å². The van der Waals surface area contributed by atoms with Gasteiger partial charge in [0.05, 0.1) is 11.2 Å². The molecule has 0 spiro atoms. The van der Waals surface area contributed by atoms with Gasteiger partial charge in [0.25, 0.3) is 5.89 Å². The van der Waals surface area contributed by atoms with Crippen LogP contribution in [0.3, 0.4) is 0 Å². The fraction of sp³-hybridized carbons (Fsp3) is 0.0952. The van der Waals surface area contributed by atoms with E-state index in [4.69, 9.17) is 9.41 Å². The highest BCUT2D eigenvalue weighted by Gasteiger charge is 2.27. The Bertz CT molecular complexity index is 1180. The molecule has 1 aliphatic heterocycles. The molecule has 0 fully saturated rings. The molecule has 29 heavy (non-hydrogen) atoms. The summed E-state index contributed by atoms with van der Waals surface area (Å²) in [6.07, 6.45) is -0.567. The molecule has 0 saturated heterocycles. The van der Waals surface area contributed by atoms with E-state index in [2.05, 4.69) is 20.5 Å². The lowest BCUT2D eigenvalue weighted by Crippen LogP contribution is -2.29. The van der Waals surface area contributed by atoms with Crippen LogP contribution in [-0.2, 0) is 11.2 Å². The topological polar surface area (TPSA) is 93.3 Å². The third-order valence-electron chi connectivity index (χ3n) is 4.58. The molecule has 4 aromatic rings. The van der Waals surface area contributed by atoms with E-state index in [9.17, 15) is 4.79 Å². The standard InChI is InChI=1S/C21H15N5O2S/c27-17-10-14-8-4-5-9-15(14)18(13-6-2-1-3-7-13)23-19(17)24-21-26-25-20(28-21)16-11-29-12-22-16/h1-9,11-12,19H,10H2,(H,24,26)/t19-/m1/s1. The quantitative estimate of drug-likeness (QED) is 0.562. The van der Waals surface area contributed by atoms with Crippen LogP contribution in [0.2, 0.25) is 0 Å². The number of benzene rings is 2. The number of aromatic nitrogens is 3. The average Bonchev–Trinajstić information content (AvgIpc) is 3.42. The fourth-order valence-electron chi connectivity index (χ4n) is 3.22. The van der Waals surface area contributed by atoms with Crippen LogP contribution in [0.25, 0.3) is 11.6 Å². The number of ketones is 1. The van der Waals surface area contributed by atoms with Crippen LogP contribution < -0.4 is 5.32 Å². The summed E-state index contributed by atoms with van der Waals surface area (Å²) in [4.78, 5) is 21.8. The van der Waals surface area contributed by atoms with Gasteiger partial charge in [0.15, 0.2) is 11.9 Å². The number of aliphatic imine (C=N–C) groups is 1.